The third kappa shape index (κ3) is 3.44. The molecule has 2 rings (SSSR count). The number of benzene rings is 1. The summed E-state index contributed by atoms with van der Waals surface area (Å²) in [6, 6.07) is 8.92. The van der Waals surface area contributed by atoms with E-state index in [4.69, 9.17) is 0 Å². The Morgan fingerprint density at radius 3 is 2.94 bits per heavy atom. The van der Waals surface area contributed by atoms with Crippen molar-refractivity contribution in [3.8, 4) is 0 Å². The van der Waals surface area contributed by atoms with Crippen LogP contribution in [0.5, 0.6) is 0 Å². The average molecular weight is 298 g/mol. The van der Waals surface area contributed by atoms with Crippen LogP contribution in [-0.4, -0.2) is 51.2 Å². The van der Waals surface area contributed by atoms with Gasteiger partial charge in [-0.1, -0.05) is 12.1 Å². The second-order valence-corrected chi connectivity index (χ2v) is 5.60. The van der Waals surface area contributed by atoms with Crippen LogP contribution >= 0.6 is 15.9 Å². The molecule has 0 spiro atoms. The predicted molar refractivity (Wildman–Crippen MR) is 76.7 cm³/mol. The summed E-state index contributed by atoms with van der Waals surface area (Å²) in [6.07, 6.45) is 0. The standard InChI is InChI=1S/C13H20BrN3/c1-16-8-7-15-11(9-16)10-17(2)13-6-4-3-5-12(13)14/h3-6,11,15H,7-10H2,1-2H3. The molecule has 4 heteroatoms. The zero-order chi connectivity index (χ0) is 12.3. The van der Waals surface area contributed by atoms with E-state index in [9.17, 15) is 0 Å². The normalized spacial score (nSPS) is 21.5. The first-order valence-corrected chi connectivity index (χ1v) is 6.83. The van der Waals surface area contributed by atoms with E-state index in [1.165, 1.54) is 5.69 Å². The van der Waals surface area contributed by atoms with Crippen LogP contribution < -0.4 is 10.2 Å². The van der Waals surface area contributed by atoms with E-state index in [1.54, 1.807) is 0 Å². The Bertz CT molecular complexity index is 369. The molecular weight excluding hydrogens is 278 g/mol. The number of anilines is 1. The van der Waals surface area contributed by atoms with Crippen molar-refractivity contribution in [2.45, 2.75) is 6.04 Å². The van der Waals surface area contributed by atoms with Crippen molar-refractivity contribution >= 4 is 21.6 Å². The number of halogens is 1. The summed E-state index contributed by atoms with van der Waals surface area (Å²) in [4.78, 5) is 4.69. The number of nitrogens with zero attached hydrogens (tertiary/aromatic N) is 2. The lowest BCUT2D eigenvalue weighted by Gasteiger charge is -2.34. The first-order valence-electron chi connectivity index (χ1n) is 6.04. The molecular formula is C13H20BrN3. The van der Waals surface area contributed by atoms with Crippen LogP contribution in [0.2, 0.25) is 0 Å². The summed E-state index contributed by atoms with van der Waals surface area (Å²) in [5.74, 6) is 0. The Kier molecular flexibility index (Phi) is 4.42. The van der Waals surface area contributed by atoms with Crippen molar-refractivity contribution in [3.05, 3.63) is 28.7 Å². The highest BCUT2D eigenvalue weighted by molar-refractivity contribution is 9.10. The molecule has 0 aliphatic carbocycles. The second-order valence-electron chi connectivity index (χ2n) is 4.75. The van der Waals surface area contributed by atoms with Gasteiger partial charge >= 0.3 is 0 Å². The van der Waals surface area contributed by atoms with Crippen molar-refractivity contribution in [1.82, 2.24) is 10.2 Å². The van der Waals surface area contributed by atoms with Gasteiger partial charge < -0.3 is 15.1 Å². The van der Waals surface area contributed by atoms with Crippen LogP contribution in [0, 0.1) is 0 Å². The molecule has 0 bridgehead atoms. The van der Waals surface area contributed by atoms with Gasteiger partial charge in [-0.15, -0.1) is 0 Å². The van der Waals surface area contributed by atoms with E-state index >= 15 is 0 Å². The topological polar surface area (TPSA) is 18.5 Å². The maximum atomic E-state index is 3.60. The highest BCUT2D eigenvalue weighted by atomic mass is 79.9. The Morgan fingerprint density at radius 1 is 1.47 bits per heavy atom. The van der Waals surface area contributed by atoms with Crippen molar-refractivity contribution in [1.29, 1.82) is 0 Å². The van der Waals surface area contributed by atoms with E-state index in [2.05, 4.69) is 63.3 Å². The van der Waals surface area contributed by atoms with Gasteiger partial charge in [0.1, 0.15) is 0 Å². The van der Waals surface area contributed by atoms with Gasteiger partial charge in [-0.25, -0.2) is 0 Å². The molecule has 1 heterocycles. The van der Waals surface area contributed by atoms with Crippen LogP contribution in [0.15, 0.2) is 28.7 Å². The van der Waals surface area contributed by atoms with Crippen LogP contribution in [-0.2, 0) is 0 Å². The zero-order valence-electron chi connectivity index (χ0n) is 10.5. The van der Waals surface area contributed by atoms with Crippen LogP contribution in [0.3, 0.4) is 0 Å². The zero-order valence-corrected chi connectivity index (χ0v) is 12.1. The lowest BCUT2D eigenvalue weighted by molar-refractivity contribution is 0.241. The smallest absolute Gasteiger partial charge is 0.0508 e. The van der Waals surface area contributed by atoms with Gasteiger partial charge in [0.25, 0.3) is 0 Å². The number of likely N-dealkylation sites (N-methyl/N-ethyl adjacent to an activating group) is 2. The highest BCUT2D eigenvalue weighted by Gasteiger charge is 2.18. The summed E-state index contributed by atoms with van der Waals surface area (Å²) < 4.78 is 1.16. The van der Waals surface area contributed by atoms with E-state index in [0.29, 0.717) is 6.04 Å². The van der Waals surface area contributed by atoms with Crippen molar-refractivity contribution in [3.63, 3.8) is 0 Å². The molecule has 1 atom stereocenters. The number of nitrogens with one attached hydrogen (secondary N) is 1. The Hall–Kier alpha value is -0.580. The van der Waals surface area contributed by atoms with E-state index in [-0.39, 0.29) is 0 Å². The number of piperazine rings is 1. The van der Waals surface area contributed by atoms with E-state index in [0.717, 1.165) is 30.7 Å². The number of rotatable bonds is 3. The molecule has 1 aromatic rings. The molecule has 3 nitrogen and oxygen atoms in total. The fourth-order valence-electron chi connectivity index (χ4n) is 2.30. The number of hydrogen-bond acceptors (Lipinski definition) is 3. The maximum absolute atomic E-state index is 3.60. The summed E-state index contributed by atoms with van der Waals surface area (Å²) in [5, 5.41) is 3.57. The highest BCUT2D eigenvalue weighted by Crippen LogP contribution is 2.24. The molecule has 1 fully saturated rings. The summed E-state index contributed by atoms with van der Waals surface area (Å²) >= 11 is 3.60. The largest absolute Gasteiger partial charge is 0.372 e. The van der Waals surface area contributed by atoms with Crippen LogP contribution in [0.4, 0.5) is 5.69 Å². The first kappa shape index (κ1) is 12.9. The average Bonchev–Trinajstić information content (AvgIpc) is 2.29. The van der Waals surface area contributed by atoms with Gasteiger partial charge in [0, 0.05) is 43.7 Å². The molecule has 0 radical (unpaired) electrons. The predicted octanol–water partition coefficient (Wildman–Crippen LogP) is 1.79. The van der Waals surface area contributed by atoms with Crippen molar-refractivity contribution in [2.75, 3.05) is 45.2 Å². The Morgan fingerprint density at radius 2 is 2.24 bits per heavy atom. The quantitative estimate of drug-likeness (QED) is 0.918. The SMILES string of the molecule is CN1CCNC(CN(C)c2ccccc2Br)C1. The van der Waals surface area contributed by atoms with Gasteiger partial charge in [0.05, 0.1) is 5.69 Å². The van der Waals surface area contributed by atoms with Gasteiger partial charge in [-0.3, -0.25) is 0 Å². The second kappa shape index (κ2) is 5.85. The molecule has 1 aliphatic rings. The van der Waals surface area contributed by atoms with E-state index in [1.807, 2.05) is 6.07 Å². The van der Waals surface area contributed by atoms with Gasteiger partial charge in [-0.05, 0) is 35.1 Å². The minimum absolute atomic E-state index is 0.547. The molecule has 0 aromatic heterocycles. The molecule has 0 saturated carbocycles. The maximum Gasteiger partial charge on any atom is 0.0508 e. The number of para-hydroxylation sites is 1. The summed E-state index contributed by atoms with van der Waals surface area (Å²) in [5.41, 5.74) is 1.25. The lowest BCUT2D eigenvalue weighted by Crippen LogP contribution is -2.53. The third-order valence-electron chi connectivity index (χ3n) is 3.22. The Balaban J connectivity index is 1.97. The molecule has 94 valence electrons. The van der Waals surface area contributed by atoms with Crippen molar-refractivity contribution in [2.24, 2.45) is 0 Å². The minimum Gasteiger partial charge on any atom is -0.372 e. The molecule has 17 heavy (non-hydrogen) atoms. The van der Waals surface area contributed by atoms with E-state index < -0.39 is 0 Å². The summed E-state index contributed by atoms with van der Waals surface area (Å²) in [6.45, 7) is 4.39. The molecule has 1 aromatic carbocycles. The van der Waals surface area contributed by atoms with Gasteiger partial charge in [0.15, 0.2) is 0 Å². The molecule has 1 aliphatic heterocycles. The molecule has 1 unspecified atom stereocenters. The molecule has 1 saturated heterocycles. The minimum atomic E-state index is 0.547. The van der Waals surface area contributed by atoms with Crippen molar-refractivity contribution < 1.29 is 0 Å². The van der Waals surface area contributed by atoms with Crippen LogP contribution in [0.25, 0.3) is 0 Å². The Labute approximate surface area is 112 Å². The first-order chi connectivity index (χ1) is 8.16. The fourth-order valence-corrected chi connectivity index (χ4v) is 2.89. The monoisotopic (exact) mass is 297 g/mol. The molecule has 0 amide bonds. The number of hydrogen-bond donors (Lipinski definition) is 1. The lowest BCUT2D eigenvalue weighted by atomic mass is 10.2. The molecule has 1 N–H and O–H groups in total. The fraction of sp³-hybridized carbons (Fsp3) is 0.538. The van der Waals surface area contributed by atoms with Gasteiger partial charge in [-0.2, -0.15) is 0 Å². The third-order valence-corrected chi connectivity index (χ3v) is 3.89. The van der Waals surface area contributed by atoms with Gasteiger partial charge in [0.2, 0.25) is 0 Å². The summed E-state index contributed by atoms with van der Waals surface area (Å²) in [7, 11) is 4.34. The van der Waals surface area contributed by atoms with Crippen LogP contribution in [0.1, 0.15) is 0 Å².